The summed E-state index contributed by atoms with van der Waals surface area (Å²) in [7, 11) is 0. The molecule has 2 aromatic rings. The molecule has 0 unspecified atom stereocenters. The maximum atomic E-state index is 11.6. The Bertz CT molecular complexity index is 455. The summed E-state index contributed by atoms with van der Waals surface area (Å²) >= 11 is 1.46. The first-order valence-electron chi connectivity index (χ1n) is 4.40. The fourth-order valence-corrected chi connectivity index (χ4v) is 1.88. The molecule has 78 valence electrons. The first-order valence-corrected chi connectivity index (χ1v) is 5.22. The lowest BCUT2D eigenvalue weighted by Crippen LogP contribution is -2.11. The molecule has 2 heterocycles. The highest BCUT2D eigenvalue weighted by Crippen LogP contribution is 2.21. The maximum absolute atomic E-state index is 11.6. The Morgan fingerprint density at radius 3 is 2.87 bits per heavy atom. The molecule has 2 aromatic heterocycles. The number of aromatic amines is 1. The zero-order valence-electron chi connectivity index (χ0n) is 8.37. The van der Waals surface area contributed by atoms with Crippen molar-refractivity contribution >= 4 is 22.4 Å². The van der Waals surface area contributed by atoms with Crippen LogP contribution in [0.25, 0.3) is 0 Å². The van der Waals surface area contributed by atoms with Crippen LogP contribution in [0.1, 0.15) is 21.1 Å². The Labute approximate surface area is 90.6 Å². The van der Waals surface area contributed by atoms with Crippen LogP contribution in [0.15, 0.2) is 12.5 Å². The van der Waals surface area contributed by atoms with Crippen molar-refractivity contribution in [2.45, 2.75) is 13.8 Å². The number of nitrogens with zero attached hydrogens (tertiary/aromatic N) is 2. The van der Waals surface area contributed by atoms with Gasteiger partial charge in [0, 0.05) is 4.88 Å². The number of amides is 1. The van der Waals surface area contributed by atoms with E-state index in [4.69, 9.17) is 0 Å². The van der Waals surface area contributed by atoms with Gasteiger partial charge in [-0.1, -0.05) is 0 Å². The molecule has 2 rings (SSSR count). The molecule has 0 aromatic carbocycles. The van der Waals surface area contributed by atoms with E-state index in [0.29, 0.717) is 10.8 Å². The second kappa shape index (κ2) is 3.82. The van der Waals surface area contributed by atoms with E-state index in [1.807, 2.05) is 13.8 Å². The lowest BCUT2D eigenvalue weighted by Gasteiger charge is -1.96. The van der Waals surface area contributed by atoms with Crippen molar-refractivity contribution in [2.75, 3.05) is 5.32 Å². The molecule has 0 aliphatic rings. The van der Waals surface area contributed by atoms with E-state index in [9.17, 15) is 4.79 Å². The van der Waals surface area contributed by atoms with Crippen LogP contribution in [0, 0.1) is 13.8 Å². The minimum Gasteiger partial charge on any atom is -0.341 e. The van der Waals surface area contributed by atoms with Gasteiger partial charge in [0.15, 0.2) is 5.13 Å². The number of hydrogen-bond acceptors (Lipinski definition) is 4. The van der Waals surface area contributed by atoms with Crippen LogP contribution in [0.4, 0.5) is 5.13 Å². The van der Waals surface area contributed by atoms with Gasteiger partial charge in [0.1, 0.15) is 5.69 Å². The fourth-order valence-electron chi connectivity index (χ4n) is 1.07. The zero-order chi connectivity index (χ0) is 10.8. The predicted octanol–water partition coefficient (Wildman–Crippen LogP) is 1.74. The Balaban J connectivity index is 2.13. The molecule has 0 atom stereocenters. The summed E-state index contributed by atoms with van der Waals surface area (Å²) in [5.74, 6) is -0.221. The molecule has 6 heteroatoms. The summed E-state index contributed by atoms with van der Waals surface area (Å²) in [5, 5.41) is 3.32. The van der Waals surface area contributed by atoms with E-state index in [-0.39, 0.29) is 5.91 Å². The predicted molar refractivity (Wildman–Crippen MR) is 58.1 cm³/mol. The number of imidazole rings is 1. The average molecular weight is 222 g/mol. The van der Waals surface area contributed by atoms with Gasteiger partial charge >= 0.3 is 0 Å². The van der Waals surface area contributed by atoms with E-state index >= 15 is 0 Å². The van der Waals surface area contributed by atoms with Gasteiger partial charge in [-0.3, -0.25) is 10.1 Å². The average Bonchev–Trinajstić information content (AvgIpc) is 2.77. The van der Waals surface area contributed by atoms with Crippen LogP contribution in [0.2, 0.25) is 0 Å². The smallest absolute Gasteiger partial charge is 0.275 e. The summed E-state index contributed by atoms with van der Waals surface area (Å²) in [4.78, 5) is 23.4. The number of nitrogens with one attached hydrogen (secondary N) is 2. The molecule has 0 saturated carbocycles. The number of hydrogen-bond donors (Lipinski definition) is 2. The summed E-state index contributed by atoms with van der Waals surface area (Å²) < 4.78 is 0. The van der Waals surface area contributed by atoms with E-state index in [0.717, 1.165) is 10.6 Å². The number of H-pyrrole nitrogens is 1. The first kappa shape index (κ1) is 9.85. The monoisotopic (exact) mass is 222 g/mol. The first-order chi connectivity index (χ1) is 7.16. The molecule has 0 bridgehead atoms. The van der Waals surface area contributed by atoms with E-state index < -0.39 is 0 Å². The van der Waals surface area contributed by atoms with Crippen molar-refractivity contribution in [3.63, 3.8) is 0 Å². The molecular formula is C9H10N4OS. The third-order valence-corrected chi connectivity index (χ3v) is 2.98. The van der Waals surface area contributed by atoms with Crippen molar-refractivity contribution in [1.29, 1.82) is 0 Å². The zero-order valence-corrected chi connectivity index (χ0v) is 9.18. The summed E-state index contributed by atoms with van der Waals surface area (Å²) in [6.45, 7) is 3.89. The molecule has 0 radical (unpaired) electrons. The van der Waals surface area contributed by atoms with Gasteiger partial charge < -0.3 is 4.98 Å². The Kier molecular flexibility index (Phi) is 2.51. The minimum atomic E-state index is -0.221. The van der Waals surface area contributed by atoms with Crippen molar-refractivity contribution in [3.8, 4) is 0 Å². The van der Waals surface area contributed by atoms with Crippen molar-refractivity contribution in [2.24, 2.45) is 0 Å². The van der Waals surface area contributed by atoms with Crippen LogP contribution < -0.4 is 5.32 Å². The van der Waals surface area contributed by atoms with Gasteiger partial charge in [-0.05, 0) is 13.8 Å². The second-order valence-electron chi connectivity index (χ2n) is 3.08. The van der Waals surface area contributed by atoms with Crippen LogP contribution in [-0.4, -0.2) is 20.9 Å². The molecule has 0 spiro atoms. The third-order valence-electron chi connectivity index (χ3n) is 1.99. The molecule has 5 nitrogen and oxygen atoms in total. The van der Waals surface area contributed by atoms with Crippen LogP contribution in [0.5, 0.6) is 0 Å². The second-order valence-corrected chi connectivity index (χ2v) is 4.28. The fraction of sp³-hybridized carbons (Fsp3) is 0.222. The summed E-state index contributed by atoms with van der Waals surface area (Å²) in [5.41, 5.74) is 1.38. The van der Waals surface area contributed by atoms with Gasteiger partial charge in [0.25, 0.3) is 5.91 Å². The highest BCUT2D eigenvalue weighted by molar-refractivity contribution is 7.15. The lowest BCUT2D eigenvalue weighted by molar-refractivity contribution is 0.102. The Morgan fingerprint density at radius 1 is 1.53 bits per heavy atom. The number of carbonyl (C=O) groups is 1. The number of anilines is 1. The quantitative estimate of drug-likeness (QED) is 0.813. The number of thiazole rings is 1. The molecule has 2 N–H and O–H groups in total. The van der Waals surface area contributed by atoms with E-state index in [1.165, 1.54) is 23.9 Å². The van der Waals surface area contributed by atoms with Gasteiger partial charge in [-0.15, -0.1) is 11.3 Å². The van der Waals surface area contributed by atoms with E-state index in [1.54, 1.807) is 0 Å². The van der Waals surface area contributed by atoms with Crippen LogP contribution in [0.3, 0.4) is 0 Å². The van der Waals surface area contributed by atoms with Crippen LogP contribution in [-0.2, 0) is 0 Å². The maximum Gasteiger partial charge on any atom is 0.275 e. The van der Waals surface area contributed by atoms with Gasteiger partial charge in [0.2, 0.25) is 0 Å². The molecule has 0 fully saturated rings. The van der Waals surface area contributed by atoms with Gasteiger partial charge in [-0.2, -0.15) is 0 Å². The molecule has 0 aliphatic carbocycles. The summed E-state index contributed by atoms with van der Waals surface area (Å²) in [6.07, 6.45) is 2.94. The SMILES string of the molecule is Cc1nc(NC(=O)c2cnc[nH]2)sc1C. The molecule has 0 aliphatic heterocycles. The summed E-state index contributed by atoms with van der Waals surface area (Å²) in [6, 6.07) is 0. The van der Waals surface area contributed by atoms with Crippen molar-refractivity contribution in [1.82, 2.24) is 15.0 Å². The van der Waals surface area contributed by atoms with Gasteiger partial charge in [-0.25, -0.2) is 9.97 Å². The number of aryl methyl sites for hydroxylation is 2. The van der Waals surface area contributed by atoms with E-state index in [2.05, 4.69) is 20.3 Å². The highest BCUT2D eigenvalue weighted by Gasteiger charge is 2.10. The standard InChI is InChI=1S/C9H10N4OS/c1-5-6(2)15-9(12-5)13-8(14)7-3-10-4-11-7/h3-4H,1-2H3,(H,10,11)(H,12,13,14). The number of aromatic nitrogens is 3. The molecule has 0 saturated heterocycles. The van der Waals surface area contributed by atoms with Crippen molar-refractivity contribution < 1.29 is 4.79 Å². The lowest BCUT2D eigenvalue weighted by atomic mass is 10.4. The van der Waals surface area contributed by atoms with Crippen LogP contribution >= 0.6 is 11.3 Å². The highest BCUT2D eigenvalue weighted by atomic mass is 32.1. The Morgan fingerprint density at radius 2 is 2.33 bits per heavy atom. The Hall–Kier alpha value is -1.69. The normalized spacial score (nSPS) is 10.3. The number of rotatable bonds is 2. The van der Waals surface area contributed by atoms with Crippen molar-refractivity contribution in [3.05, 3.63) is 28.8 Å². The van der Waals surface area contributed by atoms with Gasteiger partial charge in [0.05, 0.1) is 18.2 Å². The molecule has 15 heavy (non-hydrogen) atoms. The minimum absolute atomic E-state index is 0.221. The molecule has 1 amide bonds. The largest absolute Gasteiger partial charge is 0.341 e. The topological polar surface area (TPSA) is 70.7 Å². The molecular weight excluding hydrogens is 212 g/mol. The third kappa shape index (κ3) is 2.04. The number of carbonyl (C=O) groups excluding carboxylic acids is 1.